The van der Waals surface area contributed by atoms with Gasteiger partial charge in [-0.2, -0.15) is 0 Å². The number of aromatic amines is 1. The fourth-order valence-electron chi connectivity index (χ4n) is 2.37. The van der Waals surface area contributed by atoms with Crippen molar-refractivity contribution in [1.29, 1.82) is 0 Å². The molecule has 0 amide bonds. The van der Waals surface area contributed by atoms with E-state index in [1.54, 1.807) is 7.11 Å². The highest BCUT2D eigenvalue weighted by molar-refractivity contribution is 5.79. The minimum atomic E-state index is 0.634. The molecule has 1 aromatic carbocycles. The zero-order valence-electron chi connectivity index (χ0n) is 15.2. The van der Waals surface area contributed by atoms with Gasteiger partial charge < -0.3 is 25.1 Å². The highest BCUT2D eigenvalue weighted by Gasteiger charge is 2.02. The number of aliphatic imine (C=N–C) groups is 1. The third-order valence-corrected chi connectivity index (χ3v) is 3.59. The third-order valence-electron chi connectivity index (χ3n) is 3.59. The molecule has 2 aromatic rings. The van der Waals surface area contributed by atoms with Crippen LogP contribution < -0.4 is 10.6 Å². The summed E-state index contributed by atoms with van der Waals surface area (Å²) in [6, 6.07) is 8.07. The van der Waals surface area contributed by atoms with Gasteiger partial charge in [0.25, 0.3) is 0 Å². The number of nitrogens with one attached hydrogen (secondary N) is 3. The summed E-state index contributed by atoms with van der Waals surface area (Å²) < 4.78 is 10.4. The molecular formula is C18H29N5O2. The Kier molecular flexibility index (Phi) is 8.79. The van der Waals surface area contributed by atoms with Crippen molar-refractivity contribution >= 4 is 17.0 Å². The summed E-state index contributed by atoms with van der Waals surface area (Å²) in [6.07, 6.45) is 1.71. The molecule has 3 N–H and O–H groups in total. The van der Waals surface area contributed by atoms with Crippen LogP contribution in [-0.4, -0.2) is 62.5 Å². The van der Waals surface area contributed by atoms with Crippen LogP contribution in [0.5, 0.6) is 0 Å². The number of rotatable bonds is 11. The van der Waals surface area contributed by atoms with E-state index in [1.165, 1.54) is 0 Å². The smallest absolute Gasteiger partial charge is 0.191 e. The molecule has 25 heavy (non-hydrogen) atoms. The lowest BCUT2D eigenvalue weighted by Gasteiger charge is -2.10. The average Bonchev–Trinajstić information content (AvgIpc) is 3.03. The summed E-state index contributed by atoms with van der Waals surface area (Å²) in [4.78, 5) is 12.5. The van der Waals surface area contributed by atoms with Crippen LogP contribution in [0.15, 0.2) is 29.3 Å². The van der Waals surface area contributed by atoms with Gasteiger partial charge in [0, 0.05) is 39.8 Å². The number of hydrogen-bond donors (Lipinski definition) is 3. The minimum Gasteiger partial charge on any atom is -0.382 e. The second-order valence-corrected chi connectivity index (χ2v) is 5.60. The fourth-order valence-corrected chi connectivity index (χ4v) is 2.37. The molecule has 0 unspecified atom stereocenters. The average molecular weight is 347 g/mol. The van der Waals surface area contributed by atoms with E-state index in [4.69, 9.17) is 9.47 Å². The van der Waals surface area contributed by atoms with Crippen molar-refractivity contribution in [2.45, 2.75) is 19.8 Å². The first-order valence-electron chi connectivity index (χ1n) is 8.86. The second kappa shape index (κ2) is 11.4. The maximum absolute atomic E-state index is 5.44. The maximum atomic E-state index is 5.44. The van der Waals surface area contributed by atoms with Crippen molar-refractivity contribution in [2.75, 3.05) is 46.6 Å². The molecule has 0 bridgehead atoms. The van der Waals surface area contributed by atoms with Crippen LogP contribution in [0.2, 0.25) is 0 Å². The lowest BCUT2D eigenvalue weighted by Crippen LogP contribution is -2.38. The van der Waals surface area contributed by atoms with Gasteiger partial charge in [0.15, 0.2) is 5.96 Å². The molecule has 0 saturated carbocycles. The molecule has 1 heterocycles. The summed E-state index contributed by atoms with van der Waals surface area (Å²) >= 11 is 0. The first-order valence-corrected chi connectivity index (χ1v) is 8.86. The van der Waals surface area contributed by atoms with Gasteiger partial charge in [-0.25, -0.2) is 4.98 Å². The van der Waals surface area contributed by atoms with E-state index in [1.807, 2.05) is 24.3 Å². The van der Waals surface area contributed by atoms with Crippen LogP contribution in [0.3, 0.4) is 0 Å². The molecule has 0 atom stereocenters. The predicted molar refractivity (Wildman–Crippen MR) is 101 cm³/mol. The highest BCUT2D eigenvalue weighted by Crippen LogP contribution is 2.10. The van der Waals surface area contributed by atoms with Crippen molar-refractivity contribution in [3.05, 3.63) is 30.1 Å². The van der Waals surface area contributed by atoms with E-state index in [0.29, 0.717) is 19.8 Å². The molecule has 0 fully saturated rings. The Labute approximate surface area is 149 Å². The number of benzene rings is 1. The number of ether oxygens (including phenoxy) is 2. The van der Waals surface area contributed by atoms with Gasteiger partial charge in [-0.1, -0.05) is 12.1 Å². The molecule has 0 aliphatic carbocycles. The van der Waals surface area contributed by atoms with Crippen LogP contribution in [0.1, 0.15) is 19.2 Å². The lowest BCUT2D eigenvalue weighted by atomic mass is 10.3. The number of aromatic nitrogens is 2. The highest BCUT2D eigenvalue weighted by atomic mass is 16.5. The van der Waals surface area contributed by atoms with E-state index in [-0.39, 0.29) is 0 Å². The van der Waals surface area contributed by atoms with Crippen molar-refractivity contribution in [2.24, 2.45) is 4.99 Å². The summed E-state index contributed by atoms with van der Waals surface area (Å²) in [7, 11) is 1.67. The molecule has 0 radical (unpaired) electrons. The standard InChI is InChI=1S/C18H29N5O2/c1-3-19-18(20-10-6-12-25-14-13-24-2)21-11-9-17-22-15-7-4-5-8-16(15)23-17/h4-5,7-8H,3,6,9-14H2,1-2H3,(H,22,23)(H2,19,20,21). The Balaban J connectivity index is 1.70. The maximum Gasteiger partial charge on any atom is 0.191 e. The number of nitrogens with zero attached hydrogens (tertiary/aromatic N) is 2. The molecular weight excluding hydrogens is 318 g/mol. The topological polar surface area (TPSA) is 83.6 Å². The van der Waals surface area contributed by atoms with Gasteiger partial charge in [-0.15, -0.1) is 0 Å². The zero-order valence-corrected chi connectivity index (χ0v) is 15.2. The summed E-state index contributed by atoms with van der Waals surface area (Å²) in [5.74, 6) is 1.81. The first-order chi connectivity index (χ1) is 12.3. The number of para-hydroxylation sites is 2. The molecule has 0 aliphatic heterocycles. The van der Waals surface area contributed by atoms with Crippen LogP contribution in [0.4, 0.5) is 0 Å². The van der Waals surface area contributed by atoms with Crippen LogP contribution in [0, 0.1) is 0 Å². The number of guanidine groups is 1. The van der Waals surface area contributed by atoms with Gasteiger partial charge in [0.05, 0.1) is 24.2 Å². The van der Waals surface area contributed by atoms with E-state index >= 15 is 0 Å². The Bertz CT molecular complexity index is 608. The lowest BCUT2D eigenvalue weighted by molar-refractivity contribution is 0.0702. The van der Waals surface area contributed by atoms with Gasteiger partial charge in [0.2, 0.25) is 0 Å². The van der Waals surface area contributed by atoms with Crippen molar-refractivity contribution in [3.8, 4) is 0 Å². The van der Waals surface area contributed by atoms with Crippen molar-refractivity contribution in [3.63, 3.8) is 0 Å². The summed E-state index contributed by atoms with van der Waals surface area (Å²) in [5, 5.41) is 6.60. The van der Waals surface area contributed by atoms with Crippen molar-refractivity contribution in [1.82, 2.24) is 20.6 Å². The van der Waals surface area contributed by atoms with E-state index < -0.39 is 0 Å². The normalized spacial score (nSPS) is 11.8. The molecule has 0 aliphatic rings. The van der Waals surface area contributed by atoms with Gasteiger partial charge in [-0.05, 0) is 25.5 Å². The number of fused-ring (bicyclic) bond motifs is 1. The van der Waals surface area contributed by atoms with E-state index in [9.17, 15) is 0 Å². The number of hydrogen-bond acceptors (Lipinski definition) is 4. The molecule has 2 rings (SSSR count). The van der Waals surface area contributed by atoms with Gasteiger partial charge >= 0.3 is 0 Å². The predicted octanol–water partition coefficient (Wildman–Crippen LogP) is 1.71. The Hall–Kier alpha value is -2.12. The molecule has 138 valence electrons. The van der Waals surface area contributed by atoms with Crippen molar-refractivity contribution < 1.29 is 9.47 Å². The third kappa shape index (κ3) is 7.11. The van der Waals surface area contributed by atoms with Crippen LogP contribution in [0.25, 0.3) is 11.0 Å². The number of imidazole rings is 1. The number of H-pyrrole nitrogens is 1. The molecule has 7 nitrogen and oxygen atoms in total. The SMILES string of the molecule is CCNC(=NCCCOCCOC)NCCc1nc2ccccc2[nH]1. The first kappa shape index (κ1) is 19.2. The van der Waals surface area contributed by atoms with Crippen LogP contribution >= 0.6 is 0 Å². The van der Waals surface area contributed by atoms with Gasteiger partial charge in [0.1, 0.15) is 5.82 Å². The summed E-state index contributed by atoms with van der Waals surface area (Å²) in [5.41, 5.74) is 2.08. The van der Waals surface area contributed by atoms with E-state index in [0.717, 1.165) is 55.3 Å². The molecule has 0 saturated heterocycles. The Morgan fingerprint density at radius 3 is 2.88 bits per heavy atom. The molecule has 7 heteroatoms. The fraction of sp³-hybridized carbons (Fsp3) is 0.556. The monoisotopic (exact) mass is 347 g/mol. The molecule has 0 spiro atoms. The second-order valence-electron chi connectivity index (χ2n) is 5.60. The largest absolute Gasteiger partial charge is 0.382 e. The van der Waals surface area contributed by atoms with Crippen LogP contribution in [-0.2, 0) is 15.9 Å². The quantitative estimate of drug-likeness (QED) is 0.327. The van der Waals surface area contributed by atoms with E-state index in [2.05, 4.69) is 32.5 Å². The molecule has 1 aromatic heterocycles. The Morgan fingerprint density at radius 1 is 1.20 bits per heavy atom. The van der Waals surface area contributed by atoms with Gasteiger partial charge in [-0.3, -0.25) is 4.99 Å². The summed E-state index contributed by atoms with van der Waals surface area (Å²) in [6.45, 7) is 6.37. The number of methoxy groups -OCH3 is 1. The minimum absolute atomic E-state index is 0.634. The zero-order chi connectivity index (χ0) is 17.7. The Morgan fingerprint density at radius 2 is 2.08 bits per heavy atom.